The Bertz CT molecular complexity index is 766. The molecule has 0 saturated carbocycles. The third-order valence-electron chi connectivity index (χ3n) is 3.07. The molecule has 0 aliphatic heterocycles. The molecule has 1 N–H and O–H groups in total. The molecule has 0 radical (unpaired) electrons. The van der Waals surface area contributed by atoms with E-state index >= 15 is 0 Å². The Morgan fingerprint density at radius 1 is 1.20 bits per heavy atom. The highest BCUT2D eigenvalue weighted by Crippen LogP contribution is 2.29. The number of amides is 1. The van der Waals surface area contributed by atoms with Crippen LogP contribution in [0.5, 0.6) is 0 Å². The zero-order valence-corrected chi connectivity index (χ0v) is 14.5. The van der Waals surface area contributed by atoms with Crippen molar-refractivity contribution in [3.05, 3.63) is 70.2 Å². The van der Waals surface area contributed by atoms with Crippen molar-refractivity contribution in [1.82, 2.24) is 5.43 Å². The number of benzene rings is 2. The van der Waals surface area contributed by atoms with Gasteiger partial charge in [0.05, 0.1) is 17.5 Å². The van der Waals surface area contributed by atoms with Gasteiger partial charge in [0.2, 0.25) is 5.91 Å². The van der Waals surface area contributed by atoms with E-state index in [-0.39, 0.29) is 17.2 Å². The van der Waals surface area contributed by atoms with Gasteiger partial charge in [-0.05, 0) is 29.3 Å². The van der Waals surface area contributed by atoms with Crippen LogP contribution in [0.4, 0.5) is 13.2 Å². The first kappa shape index (κ1) is 19.3. The van der Waals surface area contributed by atoms with Crippen molar-refractivity contribution in [2.75, 3.05) is 5.75 Å². The molecule has 1 amide bonds. The number of carbonyl (C=O) groups excluding carboxylic acids is 1. The fraction of sp³-hybridized carbons (Fsp3) is 0.176. The molecule has 0 saturated heterocycles. The predicted octanol–water partition coefficient (Wildman–Crippen LogP) is 4.74. The summed E-state index contributed by atoms with van der Waals surface area (Å²) in [6, 6.07) is 12.0. The van der Waals surface area contributed by atoms with Crippen LogP contribution in [0, 0.1) is 0 Å². The largest absolute Gasteiger partial charge is 0.416 e. The van der Waals surface area contributed by atoms with Crippen molar-refractivity contribution in [1.29, 1.82) is 0 Å². The maximum atomic E-state index is 12.6. The van der Waals surface area contributed by atoms with Crippen molar-refractivity contribution < 1.29 is 18.0 Å². The molecule has 0 aliphatic carbocycles. The second-order valence-electron chi connectivity index (χ2n) is 5.00. The number of alkyl halides is 3. The minimum Gasteiger partial charge on any atom is -0.272 e. The summed E-state index contributed by atoms with van der Waals surface area (Å²) in [5.74, 6) is 0.385. The number of hydrogen-bond donors (Lipinski definition) is 1. The van der Waals surface area contributed by atoms with Gasteiger partial charge in [-0.3, -0.25) is 4.79 Å². The number of halogens is 4. The lowest BCUT2D eigenvalue weighted by Gasteiger charge is -2.06. The first-order valence-corrected chi connectivity index (χ1v) is 8.70. The van der Waals surface area contributed by atoms with Gasteiger partial charge >= 0.3 is 6.18 Å². The topological polar surface area (TPSA) is 41.5 Å². The van der Waals surface area contributed by atoms with Crippen LogP contribution in [0.25, 0.3) is 0 Å². The van der Waals surface area contributed by atoms with Gasteiger partial charge in [-0.15, -0.1) is 11.8 Å². The van der Waals surface area contributed by atoms with E-state index in [1.165, 1.54) is 30.1 Å². The molecule has 0 unspecified atom stereocenters. The molecule has 2 rings (SSSR count). The van der Waals surface area contributed by atoms with Gasteiger partial charge in [0.15, 0.2) is 0 Å². The normalized spacial score (nSPS) is 11.7. The minimum absolute atomic E-state index is 0.158. The summed E-state index contributed by atoms with van der Waals surface area (Å²) in [5, 5.41) is 4.31. The summed E-state index contributed by atoms with van der Waals surface area (Å²) in [6.07, 6.45) is -3.24. The molecule has 0 bridgehead atoms. The van der Waals surface area contributed by atoms with E-state index in [4.69, 9.17) is 11.6 Å². The Hall–Kier alpha value is -1.99. The molecule has 0 heterocycles. The Labute approximate surface area is 152 Å². The van der Waals surface area contributed by atoms with Gasteiger partial charge in [0, 0.05) is 10.8 Å². The first-order valence-electron chi connectivity index (χ1n) is 7.16. The van der Waals surface area contributed by atoms with E-state index in [0.29, 0.717) is 10.8 Å². The smallest absolute Gasteiger partial charge is 0.272 e. The van der Waals surface area contributed by atoms with Crippen molar-refractivity contribution in [2.24, 2.45) is 5.10 Å². The predicted molar refractivity (Wildman–Crippen MR) is 94.8 cm³/mol. The fourth-order valence-corrected chi connectivity index (χ4v) is 2.98. The lowest BCUT2D eigenvalue weighted by molar-refractivity contribution is -0.137. The summed E-state index contributed by atoms with van der Waals surface area (Å²) in [4.78, 5) is 11.7. The molecule has 132 valence electrons. The van der Waals surface area contributed by atoms with Crippen LogP contribution in [0.2, 0.25) is 5.02 Å². The minimum atomic E-state index is -4.41. The summed E-state index contributed by atoms with van der Waals surface area (Å²) >= 11 is 7.38. The Morgan fingerprint density at radius 2 is 1.96 bits per heavy atom. The molecular weight excluding hydrogens is 373 g/mol. The van der Waals surface area contributed by atoms with E-state index in [0.717, 1.165) is 17.7 Å². The second kappa shape index (κ2) is 8.92. The molecule has 3 nitrogen and oxygen atoms in total. The lowest BCUT2D eigenvalue weighted by Crippen LogP contribution is -2.19. The van der Waals surface area contributed by atoms with Crippen molar-refractivity contribution in [3.8, 4) is 0 Å². The monoisotopic (exact) mass is 386 g/mol. The van der Waals surface area contributed by atoms with Gasteiger partial charge in [-0.2, -0.15) is 18.3 Å². The molecule has 0 atom stereocenters. The zero-order chi connectivity index (χ0) is 18.3. The number of nitrogens with one attached hydrogen (secondary N) is 1. The van der Waals surface area contributed by atoms with E-state index in [9.17, 15) is 18.0 Å². The lowest BCUT2D eigenvalue weighted by atomic mass is 10.1. The van der Waals surface area contributed by atoms with Gasteiger partial charge < -0.3 is 0 Å². The SMILES string of the molecule is O=C(CSCc1ccccc1Cl)NN=Cc1cccc(C(F)(F)F)c1. The van der Waals surface area contributed by atoms with Gasteiger partial charge in [-0.1, -0.05) is 41.9 Å². The van der Waals surface area contributed by atoms with Gasteiger partial charge in [-0.25, -0.2) is 5.43 Å². The quantitative estimate of drug-likeness (QED) is 0.575. The van der Waals surface area contributed by atoms with Crippen molar-refractivity contribution in [2.45, 2.75) is 11.9 Å². The number of nitrogens with zero attached hydrogens (tertiary/aromatic N) is 1. The van der Waals surface area contributed by atoms with Crippen LogP contribution in [0.1, 0.15) is 16.7 Å². The summed E-state index contributed by atoms with van der Waals surface area (Å²) in [5.41, 5.74) is 2.69. The van der Waals surface area contributed by atoms with E-state index in [1.807, 2.05) is 18.2 Å². The highest BCUT2D eigenvalue weighted by molar-refractivity contribution is 7.99. The second-order valence-corrected chi connectivity index (χ2v) is 6.39. The van der Waals surface area contributed by atoms with Crippen molar-refractivity contribution >= 4 is 35.5 Å². The highest BCUT2D eigenvalue weighted by atomic mass is 35.5. The van der Waals surface area contributed by atoms with Crippen LogP contribution < -0.4 is 5.43 Å². The molecular formula is C17H14ClF3N2OS. The maximum Gasteiger partial charge on any atom is 0.416 e. The first-order chi connectivity index (χ1) is 11.9. The average Bonchev–Trinajstić information content (AvgIpc) is 2.56. The van der Waals surface area contributed by atoms with Crippen LogP contribution in [-0.4, -0.2) is 17.9 Å². The van der Waals surface area contributed by atoms with Crippen LogP contribution in [0.15, 0.2) is 53.6 Å². The van der Waals surface area contributed by atoms with Crippen LogP contribution in [-0.2, 0) is 16.7 Å². The number of thioether (sulfide) groups is 1. The van der Waals surface area contributed by atoms with Gasteiger partial charge in [0.1, 0.15) is 0 Å². The molecule has 8 heteroatoms. The Kier molecular flexibility index (Phi) is 6.90. The number of hydrogen-bond acceptors (Lipinski definition) is 3. The molecule has 0 spiro atoms. The van der Waals surface area contributed by atoms with Gasteiger partial charge in [0.25, 0.3) is 0 Å². The number of rotatable bonds is 6. The number of hydrazone groups is 1. The summed E-state index contributed by atoms with van der Waals surface area (Å²) < 4.78 is 37.8. The van der Waals surface area contributed by atoms with Crippen LogP contribution in [0.3, 0.4) is 0 Å². The Morgan fingerprint density at radius 3 is 2.68 bits per heavy atom. The van der Waals surface area contributed by atoms with E-state index < -0.39 is 11.7 Å². The standard InChI is InChI=1S/C17H14ClF3N2OS/c18-15-7-2-1-5-13(15)10-25-11-16(24)23-22-9-12-4-3-6-14(8-12)17(19,20)21/h1-9H,10-11H2,(H,23,24). The third kappa shape index (κ3) is 6.43. The molecule has 2 aromatic carbocycles. The summed E-state index contributed by atoms with van der Waals surface area (Å²) in [6.45, 7) is 0. The van der Waals surface area contributed by atoms with E-state index in [1.54, 1.807) is 6.07 Å². The van der Waals surface area contributed by atoms with Crippen LogP contribution >= 0.6 is 23.4 Å². The average molecular weight is 387 g/mol. The van der Waals surface area contributed by atoms with E-state index in [2.05, 4.69) is 10.5 Å². The highest BCUT2D eigenvalue weighted by Gasteiger charge is 2.30. The number of carbonyl (C=O) groups is 1. The zero-order valence-electron chi connectivity index (χ0n) is 12.9. The molecule has 2 aromatic rings. The third-order valence-corrected chi connectivity index (χ3v) is 4.42. The molecule has 25 heavy (non-hydrogen) atoms. The molecule has 0 aromatic heterocycles. The molecule has 0 fully saturated rings. The fourth-order valence-electron chi connectivity index (χ4n) is 1.88. The van der Waals surface area contributed by atoms with Crippen molar-refractivity contribution in [3.63, 3.8) is 0 Å². The summed E-state index contributed by atoms with van der Waals surface area (Å²) in [7, 11) is 0. The maximum absolute atomic E-state index is 12.6. The Balaban J connectivity index is 1.80. The molecule has 0 aliphatic rings.